The van der Waals surface area contributed by atoms with Crippen LogP contribution in [0.2, 0.25) is 0 Å². The summed E-state index contributed by atoms with van der Waals surface area (Å²) >= 11 is 1.84. The van der Waals surface area contributed by atoms with Crippen LogP contribution in [0.4, 0.5) is 0 Å². The molecule has 0 amide bonds. The molecular formula is C47H29N3OS. The molecule has 52 heavy (non-hydrogen) atoms. The Balaban J connectivity index is 1.11. The Morgan fingerprint density at radius 2 is 1.25 bits per heavy atom. The van der Waals surface area contributed by atoms with Gasteiger partial charge in [0.05, 0.1) is 0 Å². The minimum Gasteiger partial charge on any atom is -0.456 e. The number of fused-ring (bicyclic) bond motifs is 8. The minimum atomic E-state index is 0.617. The number of allylic oxidation sites excluding steroid dienone is 1. The molecule has 0 aliphatic heterocycles. The maximum atomic E-state index is 6.48. The quantitative estimate of drug-likeness (QED) is 0.185. The highest BCUT2D eigenvalue weighted by molar-refractivity contribution is 7.25. The Bertz CT molecular complexity index is 3100. The first-order chi connectivity index (χ1) is 25.7. The van der Waals surface area contributed by atoms with E-state index in [1.54, 1.807) is 0 Å². The minimum absolute atomic E-state index is 0.617. The molecule has 0 N–H and O–H groups in total. The van der Waals surface area contributed by atoms with Crippen molar-refractivity contribution in [2.24, 2.45) is 0 Å². The average molecular weight is 684 g/mol. The molecule has 4 nitrogen and oxygen atoms in total. The van der Waals surface area contributed by atoms with Gasteiger partial charge in [-0.2, -0.15) is 0 Å². The number of thiophene rings is 1. The zero-order chi connectivity index (χ0) is 34.2. The maximum Gasteiger partial charge on any atom is 0.164 e. The number of hydrogen-bond acceptors (Lipinski definition) is 5. The Hall–Kier alpha value is -6.43. The normalized spacial score (nSPS) is 12.8. The molecule has 7 aromatic carbocycles. The molecule has 0 unspecified atom stereocenters. The third-order valence-corrected chi connectivity index (χ3v) is 11.5. The second kappa shape index (κ2) is 11.6. The standard InChI is InChI=1S/C47H29N3OS/c1-3-10-30-24-34(18-16-28(30)8-1)45-48-46(35-19-17-29-9-2-4-11-31(29)25-35)50-47(49-45)38-13-7-14-41-44(38)39-26-32(21-23-40(39)51-41)33-20-22-37-36-12-5-6-15-42(36)52-43(37)27-33/h1,3-8,10-27H,2,9H2. The summed E-state index contributed by atoms with van der Waals surface area (Å²) in [6.45, 7) is 0. The van der Waals surface area contributed by atoms with E-state index >= 15 is 0 Å². The number of nitrogens with zero attached hydrogens (tertiary/aromatic N) is 3. The molecule has 11 rings (SSSR count). The largest absolute Gasteiger partial charge is 0.456 e. The summed E-state index contributed by atoms with van der Waals surface area (Å²) in [4.78, 5) is 15.5. The van der Waals surface area contributed by atoms with Crippen molar-refractivity contribution in [1.29, 1.82) is 0 Å². The second-order valence-electron chi connectivity index (χ2n) is 13.5. The summed E-state index contributed by atoms with van der Waals surface area (Å²) in [5, 5.41) is 6.96. The Morgan fingerprint density at radius 3 is 2.19 bits per heavy atom. The first-order valence-electron chi connectivity index (χ1n) is 17.6. The van der Waals surface area contributed by atoms with Gasteiger partial charge in [-0.25, -0.2) is 15.0 Å². The van der Waals surface area contributed by atoms with E-state index in [2.05, 4.69) is 140 Å². The molecule has 1 aliphatic carbocycles. The van der Waals surface area contributed by atoms with Gasteiger partial charge < -0.3 is 4.42 Å². The molecule has 3 heterocycles. The lowest BCUT2D eigenvalue weighted by Crippen LogP contribution is -2.01. The van der Waals surface area contributed by atoms with E-state index in [1.807, 2.05) is 23.5 Å². The van der Waals surface area contributed by atoms with Gasteiger partial charge in [0.1, 0.15) is 11.2 Å². The lowest BCUT2D eigenvalue weighted by Gasteiger charge is -2.13. The third kappa shape index (κ3) is 4.78. The van der Waals surface area contributed by atoms with Gasteiger partial charge in [-0.15, -0.1) is 11.3 Å². The Labute approximate surface area is 303 Å². The SMILES string of the molecule is C1=Cc2cc(-c3nc(-c4ccc5ccccc5c4)nc(-c4cccc5oc6ccc(-c7ccc8c(c7)sc7ccccc78)cc6c45)n3)ccc2CC1. The molecule has 3 aromatic heterocycles. The number of hydrogen-bond donors (Lipinski definition) is 0. The highest BCUT2D eigenvalue weighted by atomic mass is 32.1. The van der Waals surface area contributed by atoms with Crippen molar-refractivity contribution in [1.82, 2.24) is 15.0 Å². The van der Waals surface area contributed by atoms with E-state index in [-0.39, 0.29) is 0 Å². The van der Waals surface area contributed by atoms with Gasteiger partial charge in [-0.1, -0.05) is 109 Å². The van der Waals surface area contributed by atoms with Crippen molar-refractivity contribution in [2.45, 2.75) is 12.8 Å². The first kappa shape index (κ1) is 29.3. The summed E-state index contributed by atoms with van der Waals surface area (Å²) < 4.78 is 9.07. The van der Waals surface area contributed by atoms with E-state index in [1.165, 1.54) is 42.2 Å². The Kier molecular flexibility index (Phi) is 6.51. The van der Waals surface area contributed by atoms with E-state index in [0.717, 1.165) is 62.4 Å². The molecule has 10 aromatic rings. The first-order valence-corrected chi connectivity index (χ1v) is 18.5. The van der Waals surface area contributed by atoms with Crippen LogP contribution in [-0.4, -0.2) is 15.0 Å². The van der Waals surface area contributed by atoms with E-state index < -0.39 is 0 Å². The number of rotatable bonds is 4. The molecular weight excluding hydrogens is 655 g/mol. The molecule has 1 aliphatic rings. The lowest BCUT2D eigenvalue weighted by molar-refractivity contribution is 0.669. The molecule has 0 radical (unpaired) electrons. The number of aromatic nitrogens is 3. The van der Waals surface area contributed by atoms with Gasteiger partial charge in [-0.05, 0) is 88.3 Å². The van der Waals surface area contributed by atoms with Crippen molar-refractivity contribution in [2.75, 3.05) is 0 Å². The molecule has 0 spiro atoms. The number of furan rings is 1. The van der Waals surface area contributed by atoms with Crippen LogP contribution < -0.4 is 0 Å². The fourth-order valence-electron chi connectivity index (χ4n) is 7.75. The molecule has 0 saturated heterocycles. The third-order valence-electron chi connectivity index (χ3n) is 10.4. The zero-order valence-electron chi connectivity index (χ0n) is 28.0. The van der Waals surface area contributed by atoms with Gasteiger partial charge >= 0.3 is 0 Å². The fraction of sp³-hybridized carbons (Fsp3) is 0.0426. The summed E-state index contributed by atoms with van der Waals surface area (Å²) in [6.07, 6.45) is 6.57. The lowest BCUT2D eigenvalue weighted by atomic mass is 9.95. The van der Waals surface area contributed by atoms with Gasteiger partial charge in [0.15, 0.2) is 17.5 Å². The van der Waals surface area contributed by atoms with Crippen LogP contribution >= 0.6 is 11.3 Å². The van der Waals surface area contributed by atoms with Gasteiger partial charge in [0.2, 0.25) is 0 Å². The van der Waals surface area contributed by atoms with Crippen LogP contribution in [-0.2, 0) is 6.42 Å². The van der Waals surface area contributed by atoms with Crippen molar-refractivity contribution < 1.29 is 4.42 Å². The van der Waals surface area contributed by atoms with Crippen LogP contribution in [0.25, 0.3) is 104 Å². The Morgan fingerprint density at radius 1 is 0.500 bits per heavy atom. The van der Waals surface area contributed by atoms with Crippen molar-refractivity contribution in [3.63, 3.8) is 0 Å². The zero-order valence-corrected chi connectivity index (χ0v) is 28.8. The van der Waals surface area contributed by atoms with Crippen molar-refractivity contribution >= 4 is 70.3 Å². The molecule has 0 bridgehead atoms. The molecule has 0 fully saturated rings. The van der Waals surface area contributed by atoms with E-state index in [9.17, 15) is 0 Å². The fourth-order valence-corrected chi connectivity index (χ4v) is 8.89. The predicted molar refractivity (Wildman–Crippen MR) is 217 cm³/mol. The van der Waals surface area contributed by atoms with Crippen LogP contribution in [0.5, 0.6) is 0 Å². The smallest absolute Gasteiger partial charge is 0.164 e. The number of benzene rings is 7. The van der Waals surface area contributed by atoms with E-state index in [0.29, 0.717) is 17.5 Å². The predicted octanol–water partition coefficient (Wildman–Crippen LogP) is 12.9. The molecule has 244 valence electrons. The van der Waals surface area contributed by atoms with Crippen molar-refractivity contribution in [3.05, 3.63) is 157 Å². The summed E-state index contributed by atoms with van der Waals surface area (Å²) in [5.74, 6) is 1.91. The maximum absolute atomic E-state index is 6.48. The second-order valence-corrected chi connectivity index (χ2v) is 14.6. The summed E-state index contributed by atoms with van der Waals surface area (Å²) in [7, 11) is 0. The highest BCUT2D eigenvalue weighted by Gasteiger charge is 2.19. The van der Waals surface area contributed by atoms with E-state index in [4.69, 9.17) is 19.4 Å². The highest BCUT2D eigenvalue weighted by Crippen LogP contribution is 2.41. The van der Waals surface area contributed by atoms with Crippen molar-refractivity contribution in [3.8, 4) is 45.3 Å². The van der Waals surface area contributed by atoms with Gasteiger partial charge in [-0.3, -0.25) is 0 Å². The van der Waals surface area contributed by atoms with Crippen LogP contribution in [0.15, 0.2) is 150 Å². The summed E-state index contributed by atoms with van der Waals surface area (Å²) in [6, 6.07) is 49.5. The van der Waals surface area contributed by atoms with Crippen LogP contribution in [0.3, 0.4) is 0 Å². The van der Waals surface area contributed by atoms with Gasteiger partial charge in [0.25, 0.3) is 0 Å². The molecule has 5 heteroatoms. The average Bonchev–Trinajstić information content (AvgIpc) is 3.78. The molecule has 0 atom stereocenters. The van der Waals surface area contributed by atoms with Crippen LogP contribution in [0.1, 0.15) is 17.5 Å². The topological polar surface area (TPSA) is 51.8 Å². The monoisotopic (exact) mass is 683 g/mol. The molecule has 0 saturated carbocycles. The number of aryl methyl sites for hydroxylation is 1. The van der Waals surface area contributed by atoms with Crippen LogP contribution in [0, 0.1) is 0 Å². The van der Waals surface area contributed by atoms with Gasteiger partial charge in [0, 0.05) is 47.6 Å². The summed E-state index contributed by atoms with van der Waals surface area (Å²) in [5.41, 5.74) is 9.36.